The minimum absolute atomic E-state index is 0.201. The van der Waals surface area contributed by atoms with Gasteiger partial charge in [0, 0.05) is 22.9 Å². The number of nitrogens with zero attached hydrogens (tertiary/aromatic N) is 2. The van der Waals surface area contributed by atoms with Gasteiger partial charge in [0.25, 0.3) is 11.5 Å². The van der Waals surface area contributed by atoms with Gasteiger partial charge >= 0.3 is 0 Å². The minimum Gasteiger partial charge on any atom is -0.321 e. The van der Waals surface area contributed by atoms with Gasteiger partial charge in [-0.3, -0.25) is 9.59 Å². The van der Waals surface area contributed by atoms with E-state index >= 15 is 0 Å². The van der Waals surface area contributed by atoms with Crippen LogP contribution in [0.2, 0.25) is 0 Å². The molecule has 0 spiro atoms. The first-order valence-electron chi connectivity index (χ1n) is 9.43. The molecule has 2 heterocycles. The van der Waals surface area contributed by atoms with Crippen molar-refractivity contribution in [1.29, 1.82) is 0 Å². The molecule has 0 radical (unpaired) electrons. The molecule has 30 heavy (non-hydrogen) atoms. The summed E-state index contributed by atoms with van der Waals surface area (Å²) in [6.45, 7) is 5.95. The molecule has 150 valence electrons. The zero-order valence-corrected chi connectivity index (χ0v) is 17.6. The van der Waals surface area contributed by atoms with Gasteiger partial charge in [-0.1, -0.05) is 35.9 Å². The predicted octanol–water partition coefficient (Wildman–Crippen LogP) is 4.74. The smallest absolute Gasteiger partial charge is 0.267 e. The number of aromatic amines is 1. The number of thiazole rings is 1. The number of anilines is 1. The van der Waals surface area contributed by atoms with E-state index in [1.807, 2.05) is 37.3 Å². The molecule has 0 atom stereocenters. The van der Waals surface area contributed by atoms with Crippen LogP contribution in [0.1, 0.15) is 26.5 Å². The van der Waals surface area contributed by atoms with Crippen LogP contribution in [0.3, 0.4) is 0 Å². The third kappa shape index (κ3) is 4.06. The molecule has 0 fully saturated rings. The van der Waals surface area contributed by atoms with E-state index in [2.05, 4.69) is 46.5 Å². The maximum absolute atomic E-state index is 12.9. The first-order valence-corrected chi connectivity index (χ1v) is 10.2. The number of H-pyrrole nitrogens is 1. The largest absolute Gasteiger partial charge is 0.321 e. The Morgan fingerprint density at radius 2 is 1.87 bits per heavy atom. The Hall–Kier alpha value is -3.58. The van der Waals surface area contributed by atoms with Crippen molar-refractivity contribution in [3.05, 3.63) is 86.6 Å². The lowest BCUT2D eigenvalue weighted by atomic mass is 10.1. The van der Waals surface area contributed by atoms with Crippen molar-refractivity contribution in [2.45, 2.75) is 20.8 Å². The summed E-state index contributed by atoms with van der Waals surface area (Å²) in [6.07, 6.45) is 0. The zero-order valence-electron chi connectivity index (χ0n) is 16.8. The molecule has 4 rings (SSSR count). The van der Waals surface area contributed by atoms with Crippen molar-refractivity contribution in [3.8, 4) is 21.8 Å². The fraction of sp³-hybridized carbons (Fsp3) is 0.130. The van der Waals surface area contributed by atoms with Gasteiger partial charge in [-0.15, -0.1) is 11.3 Å². The van der Waals surface area contributed by atoms with Gasteiger partial charge in [-0.2, -0.15) is 5.10 Å². The van der Waals surface area contributed by atoms with Gasteiger partial charge in [0.2, 0.25) is 0 Å². The third-order valence-electron chi connectivity index (χ3n) is 4.71. The lowest BCUT2D eigenvalue weighted by molar-refractivity contribution is 0.103. The summed E-state index contributed by atoms with van der Waals surface area (Å²) in [5.74, 6) is -0.201. The van der Waals surface area contributed by atoms with Crippen LogP contribution in [0.5, 0.6) is 0 Å². The first-order chi connectivity index (χ1) is 14.4. The average molecular weight is 417 g/mol. The summed E-state index contributed by atoms with van der Waals surface area (Å²) in [5.41, 5.74) is 5.87. The molecular weight excluding hydrogens is 396 g/mol. The van der Waals surface area contributed by atoms with Crippen molar-refractivity contribution in [1.82, 2.24) is 15.2 Å². The van der Waals surface area contributed by atoms with E-state index in [1.54, 1.807) is 6.07 Å². The second kappa shape index (κ2) is 8.04. The quantitative estimate of drug-likeness (QED) is 0.503. The fourth-order valence-corrected chi connectivity index (χ4v) is 4.28. The summed E-state index contributed by atoms with van der Waals surface area (Å²) in [6, 6.07) is 16.6. The Balaban J connectivity index is 1.59. The number of amides is 1. The highest BCUT2D eigenvalue weighted by Crippen LogP contribution is 2.31. The monoisotopic (exact) mass is 416 g/mol. The van der Waals surface area contributed by atoms with E-state index in [-0.39, 0.29) is 11.5 Å². The number of carbonyl (C=O) groups is 1. The third-order valence-corrected chi connectivity index (χ3v) is 5.90. The Morgan fingerprint density at radius 1 is 1.03 bits per heavy atom. The number of hydrogen-bond acceptors (Lipinski definition) is 5. The van der Waals surface area contributed by atoms with Crippen LogP contribution < -0.4 is 10.9 Å². The van der Waals surface area contributed by atoms with Gasteiger partial charge in [0.05, 0.1) is 11.4 Å². The van der Waals surface area contributed by atoms with Crippen LogP contribution in [0.15, 0.2) is 59.4 Å². The van der Waals surface area contributed by atoms with Gasteiger partial charge in [0.15, 0.2) is 0 Å². The lowest BCUT2D eigenvalue weighted by Gasteiger charge is -2.06. The van der Waals surface area contributed by atoms with Crippen LogP contribution >= 0.6 is 11.3 Å². The Bertz CT molecular complexity index is 1290. The molecule has 2 aromatic heterocycles. The molecule has 0 bridgehead atoms. The maximum atomic E-state index is 12.9. The molecule has 0 unspecified atom stereocenters. The minimum atomic E-state index is -0.261. The molecule has 0 saturated heterocycles. The van der Waals surface area contributed by atoms with E-state index < -0.39 is 0 Å². The number of nitrogens with one attached hydrogen (secondary N) is 2. The van der Waals surface area contributed by atoms with Crippen molar-refractivity contribution >= 4 is 22.9 Å². The Morgan fingerprint density at radius 3 is 2.60 bits per heavy atom. The maximum Gasteiger partial charge on any atom is 0.267 e. The highest BCUT2D eigenvalue weighted by Gasteiger charge is 2.17. The highest BCUT2D eigenvalue weighted by atomic mass is 32.1. The van der Waals surface area contributed by atoms with Gasteiger partial charge in [-0.25, -0.2) is 10.1 Å². The van der Waals surface area contributed by atoms with Crippen LogP contribution in [-0.4, -0.2) is 21.1 Å². The molecule has 0 aliphatic heterocycles. The first kappa shape index (κ1) is 19.7. The van der Waals surface area contributed by atoms with Gasteiger partial charge < -0.3 is 5.32 Å². The van der Waals surface area contributed by atoms with E-state index in [4.69, 9.17) is 0 Å². The van der Waals surface area contributed by atoms with Gasteiger partial charge in [0.1, 0.15) is 9.88 Å². The second-order valence-electron chi connectivity index (χ2n) is 7.09. The molecule has 7 heteroatoms. The summed E-state index contributed by atoms with van der Waals surface area (Å²) < 4.78 is 0. The average Bonchev–Trinajstić information content (AvgIpc) is 3.10. The second-order valence-corrected chi connectivity index (χ2v) is 8.09. The number of benzene rings is 2. The van der Waals surface area contributed by atoms with Crippen molar-refractivity contribution in [2.75, 3.05) is 5.32 Å². The number of rotatable bonds is 4. The fourth-order valence-electron chi connectivity index (χ4n) is 3.23. The molecule has 2 N–H and O–H groups in total. The van der Waals surface area contributed by atoms with Crippen LogP contribution in [0, 0.1) is 20.8 Å². The number of aromatic nitrogens is 3. The lowest BCUT2D eigenvalue weighted by Crippen LogP contribution is -2.11. The molecular formula is C23H20N4O2S. The highest BCUT2D eigenvalue weighted by molar-refractivity contribution is 7.17. The van der Waals surface area contributed by atoms with Crippen molar-refractivity contribution in [3.63, 3.8) is 0 Å². The van der Waals surface area contributed by atoms with Gasteiger partial charge in [-0.05, 0) is 44.5 Å². The molecule has 1 amide bonds. The molecule has 2 aromatic carbocycles. The topological polar surface area (TPSA) is 87.7 Å². The van der Waals surface area contributed by atoms with Crippen LogP contribution in [0.4, 0.5) is 5.69 Å². The van der Waals surface area contributed by atoms with E-state index in [9.17, 15) is 9.59 Å². The predicted molar refractivity (Wildman–Crippen MR) is 120 cm³/mol. The van der Waals surface area contributed by atoms with Crippen LogP contribution in [0.25, 0.3) is 21.8 Å². The Kier molecular flexibility index (Phi) is 5.29. The van der Waals surface area contributed by atoms with Crippen molar-refractivity contribution < 1.29 is 4.79 Å². The molecule has 0 aliphatic carbocycles. The SMILES string of the molecule is Cc1ccc(-c2nc(C)c(C(=O)Nc3cccc(-c4ccc(=O)[nH]n4)c3)s2)c(C)c1. The number of hydrogen-bond donors (Lipinski definition) is 2. The summed E-state index contributed by atoms with van der Waals surface area (Å²) >= 11 is 1.39. The van der Waals surface area contributed by atoms with E-state index in [0.29, 0.717) is 22.0 Å². The summed E-state index contributed by atoms with van der Waals surface area (Å²) in [5, 5.41) is 10.2. The van der Waals surface area contributed by atoms with Crippen molar-refractivity contribution in [2.24, 2.45) is 0 Å². The normalized spacial score (nSPS) is 10.8. The standard InChI is InChI=1S/C23H20N4O2S/c1-13-7-8-18(14(2)11-13)23-24-15(3)21(30-23)22(29)25-17-6-4-5-16(12-17)19-9-10-20(28)27-26-19/h4-12H,1-3H3,(H,25,29)(H,27,28). The Labute approximate surface area is 177 Å². The number of carbonyl (C=O) groups excluding carboxylic acids is 1. The molecule has 0 saturated carbocycles. The van der Waals surface area contributed by atoms with E-state index in [0.717, 1.165) is 21.7 Å². The molecule has 4 aromatic rings. The molecule has 6 nitrogen and oxygen atoms in total. The summed E-state index contributed by atoms with van der Waals surface area (Å²) in [4.78, 5) is 29.3. The van der Waals surface area contributed by atoms with E-state index in [1.165, 1.54) is 23.0 Å². The summed E-state index contributed by atoms with van der Waals surface area (Å²) in [7, 11) is 0. The number of aryl methyl sites for hydroxylation is 3. The zero-order chi connectivity index (χ0) is 21.3. The molecule has 0 aliphatic rings. The van der Waals surface area contributed by atoms with Crippen LogP contribution in [-0.2, 0) is 0 Å².